The fourth-order valence-corrected chi connectivity index (χ4v) is 5.10. The lowest BCUT2D eigenvalue weighted by Crippen LogP contribution is -2.30. The molecule has 0 bridgehead atoms. The molecule has 1 aliphatic heterocycles. The van der Waals surface area contributed by atoms with Crippen LogP contribution in [0.4, 0.5) is 0 Å². The number of phenols is 1. The molecule has 1 aromatic carbocycles. The van der Waals surface area contributed by atoms with Crippen LogP contribution in [-0.2, 0) is 11.3 Å². The summed E-state index contributed by atoms with van der Waals surface area (Å²) >= 11 is 2.73. The van der Waals surface area contributed by atoms with Crippen molar-refractivity contribution in [3.8, 4) is 5.75 Å². The normalized spacial score (nSPS) is 16.7. The lowest BCUT2D eigenvalue weighted by atomic mass is 9.95. The molecule has 29 heavy (non-hydrogen) atoms. The Morgan fingerprint density at radius 3 is 2.62 bits per heavy atom. The molecule has 3 aromatic rings. The van der Waals surface area contributed by atoms with E-state index in [1.165, 1.54) is 39.7 Å². The van der Waals surface area contributed by atoms with Gasteiger partial charge in [0.25, 0.3) is 5.91 Å². The van der Waals surface area contributed by atoms with Gasteiger partial charge in [0.05, 0.1) is 33.7 Å². The minimum Gasteiger partial charge on any atom is -0.508 e. The second-order valence-corrected chi connectivity index (χ2v) is 8.98. The van der Waals surface area contributed by atoms with Gasteiger partial charge in [-0.3, -0.25) is 9.59 Å². The monoisotopic (exact) mass is 426 g/mol. The van der Waals surface area contributed by atoms with Crippen LogP contribution in [0.1, 0.15) is 36.9 Å². The van der Waals surface area contributed by atoms with Crippen LogP contribution in [0.15, 0.2) is 53.1 Å². The first-order valence-corrected chi connectivity index (χ1v) is 10.6. The van der Waals surface area contributed by atoms with Gasteiger partial charge in [0.2, 0.25) is 5.78 Å². The number of amides is 1. The maximum absolute atomic E-state index is 13.4. The van der Waals surface area contributed by atoms with Crippen LogP contribution in [0.2, 0.25) is 0 Å². The minimum absolute atomic E-state index is 0.0175. The molecule has 4 rings (SSSR count). The number of hydrogen-bond acceptors (Lipinski definition) is 7. The molecule has 0 spiro atoms. The molecule has 0 radical (unpaired) electrons. The van der Waals surface area contributed by atoms with Crippen molar-refractivity contribution in [2.45, 2.75) is 26.4 Å². The fourth-order valence-electron chi connectivity index (χ4n) is 3.52. The molecule has 1 aliphatic rings. The molecule has 1 amide bonds. The first-order chi connectivity index (χ1) is 13.9. The van der Waals surface area contributed by atoms with E-state index in [-0.39, 0.29) is 17.9 Å². The average molecular weight is 427 g/mol. The summed E-state index contributed by atoms with van der Waals surface area (Å²) in [7, 11) is 0. The Morgan fingerprint density at radius 1 is 1.21 bits per heavy atom. The van der Waals surface area contributed by atoms with E-state index in [1.54, 1.807) is 26.0 Å². The Bertz CT molecular complexity index is 1130. The second kappa shape index (κ2) is 7.46. The van der Waals surface area contributed by atoms with E-state index in [9.17, 15) is 19.8 Å². The zero-order valence-electron chi connectivity index (χ0n) is 15.7. The zero-order chi connectivity index (χ0) is 20.7. The lowest BCUT2D eigenvalue weighted by molar-refractivity contribution is -0.130. The lowest BCUT2D eigenvalue weighted by Gasteiger charge is -2.26. The molecular weight excluding hydrogens is 408 g/mol. The highest BCUT2D eigenvalue weighted by Gasteiger charge is 2.44. The highest BCUT2D eigenvalue weighted by molar-refractivity contribution is 7.14. The van der Waals surface area contributed by atoms with Crippen molar-refractivity contribution < 1.29 is 19.8 Å². The van der Waals surface area contributed by atoms with E-state index in [4.69, 9.17) is 0 Å². The number of aromatic hydroxyl groups is 1. The summed E-state index contributed by atoms with van der Waals surface area (Å²) in [6.07, 6.45) is 0. The molecule has 0 aliphatic carbocycles. The van der Waals surface area contributed by atoms with Gasteiger partial charge in [0.1, 0.15) is 5.75 Å². The van der Waals surface area contributed by atoms with Gasteiger partial charge in [-0.15, -0.1) is 22.7 Å². The number of rotatable bonds is 5. The van der Waals surface area contributed by atoms with Crippen molar-refractivity contribution in [2.24, 2.45) is 0 Å². The predicted molar refractivity (Wildman–Crippen MR) is 111 cm³/mol. The average Bonchev–Trinajstić information content (AvgIpc) is 3.37. The van der Waals surface area contributed by atoms with Gasteiger partial charge in [0.15, 0.2) is 5.76 Å². The number of ketones is 1. The summed E-state index contributed by atoms with van der Waals surface area (Å²) in [6, 6.07) is 9.39. The number of aryl methyl sites for hydroxylation is 2. The standard InChI is InChI=1S/C21H18N2O4S2/c1-11-20(29-12(2)22-11)18(25)16-17(13-5-3-6-14(24)9-13)23(21(27)19(16)26)10-15-7-4-8-28-15/h3-9,17,24,26H,10H2,1-2H3. The van der Waals surface area contributed by atoms with E-state index in [0.717, 1.165) is 9.88 Å². The SMILES string of the molecule is Cc1nc(C)c(C(=O)C2=C(O)C(=O)N(Cc3cccs3)C2c2cccc(O)c2)s1. The highest BCUT2D eigenvalue weighted by Crippen LogP contribution is 2.41. The number of benzene rings is 1. The molecule has 0 fully saturated rings. The summed E-state index contributed by atoms with van der Waals surface area (Å²) in [5.74, 6) is -1.55. The van der Waals surface area contributed by atoms with E-state index in [1.807, 2.05) is 17.5 Å². The van der Waals surface area contributed by atoms with Crippen molar-refractivity contribution in [3.05, 3.63) is 79.1 Å². The van der Waals surface area contributed by atoms with Gasteiger partial charge in [-0.2, -0.15) is 0 Å². The zero-order valence-corrected chi connectivity index (χ0v) is 17.4. The molecule has 2 N–H and O–H groups in total. The summed E-state index contributed by atoms with van der Waals surface area (Å²) in [5, 5.41) is 23.3. The molecule has 1 unspecified atom stereocenters. The Morgan fingerprint density at radius 2 is 2.00 bits per heavy atom. The number of thiophene rings is 1. The van der Waals surface area contributed by atoms with Crippen molar-refractivity contribution in [1.29, 1.82) is 0 Å². The quantitative estimate of drug-likeness (QED) is 0.594. The van der Waals surface area contributed by atoms with Crippen LogP contribution in [-0.4, -0.2) is 31.8 Å². The van der Waals surface area contributed by atoms with Crippen LogP contribution >= 0.6 is 22.7 Å². The van der Waals surface area contributed by atoms with Crippen LogP contribution in [0.5, 0.6) is 5.75 Å². The Balaban J connectivity index is 1.83. The maximum atomic E-state index is 13.4. The van der Waals surface area contributed by atoms with Gasteiger partial charge in [-0.05, 0) is 43.0 Å². The molecule has 3 heterocycles. The third kappa shape index (κ3) is 3.45. The largest absolute Gasteiger partial charge is 0.508 e. The van der Waals surface area contributed by atoms with Crippen LogP contribution in [0.3, 0.4) is 0 Å². The number of thiazole rings is 1. The van der Waals surface area contributed by atoms with Crippen LogP contribution in [0.25, 0.3) is 0 Å². The van der Waals surface area contributed by atoms with Gasteiger partial charge >= 0.3 is 0 Å². The summed E-state index contributed by atoms with van der Waals surface area (Å²) in [4.78, 5) is 33.4. The van der Waals surface area contributed by atoms with Gasteiger partial charge < -0.3 is 15.1 Å². The number of Topliss-reactive ketones (excluding diaryl/α,β-unsaturated/α-hetero) is 1. The van der Waals surface area contributed by atoms with Crippen molar-refractivity contribution >= 4 is 34.4 Å². The maximum Gasteiger partial charge on any atom is 0.290 e. The summed E-state index contributed by atoms with van der Waals surface area (Å²) in [5.41, 5.74) is 1.14. The predicted octanol–water partition coefficient (Wildman–Crippen LogP) is 4.31. The van der Waals surface area contributed by atoms with Crippen LogP contribution in [0, 0.1) is 13.8 Å². The van der Waals surface area contributed by atoms with E-state index in [2.05, 4.69) is 4.98 Å². The number of carbonyl (C=O) groups excluding carboxylic acids is 2. The van der Waals surface area contributed by atoms with E-state index >= 15 is 0 Å². The number of hydrogen-bond donors (Lipinski definition) is 2. The second-order valence-electron chi connectivity index (χ2n) is 6.75. The smallest absolute Gasteiger partial charge is 0.290 e. The van der Waals surface area contributed by atoms with Crippen molar-refractivity contribution in [2.75, 3.05) is 0 Å². The molecule has 148 valence electrons. The summed E-state index contributed by atoms with van der Waals surface area (Å²) in [6.45, 7) is 3.79. The fraction of sp³-hybridized carbons (Fsp3) is 0.190. The highest BCUT2D eigenvalue weighted by atomic mass is 32.1. The first-order valence-electron chi connectivity index (χ1n) is 8.91. The summed E-state index contributed by atoms with van der Waals surface area (Å²) < 4.78 is 0. The van der Waals surface area contributed by atoms with Crippen molar-refractivity contribution in [1.82, 2.24) is 9.88 Å². The number of carbonyl (C=O) groups is 2. The third-order valence-electron chi connectivity index (χ3n) is 4.75. The third-order valence-corrected chi connectivity index (χ3v) is 6.68. The molecule has 1 atom stereocenters. The Hall–Kier alpha value is -2.97. The Kier molecular flexibility index (Phi) is 4.97. The minimum atomic E-state index is -0.800. The number of aliphatic hydroxyl groups is 1. The van der Waals surface area contributed by atoms with E-state index < -0.39 is 23.5 Å². The first kappa shape index (κ1) is 19.4. The number of aromatic nitrogens is 1. The van der Waals surface area contributed by atoms with Gasteiger partial charge in [-0.1, -0.05) is 18.2 Å². The molecule has 0 saturated carbocycles. The van der Waals surface area contributed by atoms with Crippen LogP contribution < -0.4 is 0 Å². The van der Waals surface area contributed by atoms with Crippen molar-refractivity contribution in [3.63, 3.8) is 0 Å². The number of nitrogens with zero attached hydrogens (tertiary/aromatic N) is 2. The molecular formula is C21H18N2O4S2. The van der Waals surface area contributed by atoms with E-state index in [0.29, 0.717) is 16.1 Å². The molecule has 2 aromatic heterocycles. The number of aliphatic hydroxyl groups excluding tert-OH is 1. The number of phenolic OH excluding ortho intramolecular Hbond substituents is 1. The Labute approximate surface area is 175 Å². The van der Waals surface area contributed by atoms with Gasteiger partial charge in [-0.25, -0.2) is 4.98 Å². The molecule has 0 saturated heterocycles. The van der Waals surface area contributed by atoms with Gasteiger partial charge in [0, 0.05) is 4.88 Å². The molecule has 8 heteroatoms. The molecule has 6 nitrogen and oxygen atoms in total. The topological polar surface area (TPSA) is 90.7 Å².